The van der Waals surface area contributed by atoms with Crippen molar-refractivity contribution in [1.82, 2.24) is 14.5 Å². The van der Waals surface area contributed by atoms with Crippen molar-refractivity contribution >= 4 is 22.6 Å². The molecular formula is C32H35F3N4O2. The molecule has 9 heteroatoms. The van der Waals surface area contributed by atoms with Crippen LogP contribution in [0.2, 0.25) is 0 Å². The summed E-state index contributed by atoms with van der Waals surface area (Å²) in [7, 11) is 0. The minimum absolute atomic E-state index is 0.275. The highest BCUT2D eigenvalue weighted by Gasteiger charge is 2.35. The highest BCUT2D eigenvalue weighted by Crippen LogP contribution is 2.35. The van der Waals surface area contributed by atoms with E-state index >= 15 is 0 Å². The van der Waals surface area contributed by atoms with Crippen molar-refractivity contribution in [2.24, 2.45) is 0 Å². The van der Waals surface area contributed by atoms with Gasteiger partial charge in [-0.05, 0) is 63.1 Å². The molecule has 0 aliphatic heterocycles. The highest BCUT2D eigenvalue weighted by atomic mass is 19.4. The molecule has 2 amide bonds. The number of aromatic nitrogens is 2. The lowest BCUT2D eigenvalue weighted by molar-refractivity contribution is -0.136. The SMILES string of the molecule is CCCCCCN(C(=O)Nc1ccccc1C(F)(F)F)C(C)c1nc2ccccc2c(=O)n1-c1ccc(C)cc1C. The second-order valence-corrected chi connectivity index (χ2v) is 10.3. The predicted octanol–water partition coefficient (Wildman–Crippen LogP) is 8.20. The Bertz CT molecular complexity index is 1600. The molecule has 4 aromatic rings. The molecule has 0 spiro atoms. The Balaban J connectivity index is 1.84. The Labute approximate surface area is 237 Å². The van der Waals surface area contributed by atoms with Crippen molar-refractivity contribution in [1.29, 1.82) is 0 Å². The van der Waals surface area contributed by atoms with E-state index in [-0.39, 0.29) is 17.8 Å². The van der Waals surface area contributed by atoms with E-state index in [1.807, 2.05) is 32.0 Å². The number of anilines is 1. The van der Waals surface area contributed by atoms with Crippen molar-refractivity contribution in [2.45, 2.75) is 65.6 Å². The molecule has 4 rings (SSSR count). The Hall–Kier alpha value is -4.14. The molecule has 0 aliphatic rings. The van der Waals surface area contributed by atoms with Crippen LogP contribution in [0.4, 0.5) is 23.7 Å². The lowest BCUT2D eigenvalue weighted by Gasteiger charge is -2.31. The van der Waals surface area contributed by atoms with Gasteiger partial charge in [-0.1, -0.05) is 68.1 Å². The van der Waals surface area contributed by atoms with E-state index in [1.54, 1.807) is 31.2 Å². The fourth-order valence-electron chi connectivity index (χ4n) is 5.06. The third-order valence-electron chi connectivity index (χ3n) is 7.22. The Kier molecular flexibility index (Phi) is 9.15. The number of aryl methyl sites for hydroxylation is 2. The first-order chi connectivity index (χ1) is 19.5. The quantitative estimate of drug-likeness (QED) is 0.208. The molecule has 0 fully saturated rings. The molecule has 0 bridgehead atoms. The van der Waals surface area contributed by atoms with E-state index in [2.05, 4.69) is 12.2 Å². The Morgan fingerprint density at radius 1 is 1.00 bits per heavy atom. The summed E-state index contributed by atoms with van der Waals surface area (Å²) in [6.07, 6.45) is -1.19. The molecule has 1 unspecified atom stereocenters. The van der Waals surface area contributed by atoms with Gasteiger partial charge in [-0.25, -0.2) is 9.78 Å². The summed E-state index contributed by atoms with van der Waals surface area (Å²) >= 11 is 0. The average Bonchev–Trinajstić information content (AvgIpc) is 2.93. The number of carbonyl (C=O) groups is 1. The number of nitrogens with zero attached hydrogens (tertiary/aromatic N) is 3. The molecule has 216 valence electrons. The zero-order valence-electron chi connectivity index (χ0n) is 23.8. The van der Waals surface area contributed by atoms with Crippen LogP contribution in [0.5, 0.6) is 0 Å². The fraction of sp³-hybridized carbons (Fsp3) is 0.344. The van der Waals surface area contributed by atoms with Gasteiger partial charge in [0.25, 0.3) is 5.56 Å². The number of urea groups is 1. The Morgan fingerprint density at radius 3 is 2.41 bits per heavy atom. The largest absolute Gasteiger partial charge is 0.418 e. The van der Waals surface area contributed by atoms with Gasteiger partial charge in [0.05, 0.1) is 33.9 Å². The van der Waals surface area contributed by atoms with Crippen molar-refractivity contribution in [3.8, 4) is 5.69 Å². The van der Waals surface area contributed by atoms with Gasteiger partial charge < -0.3 is 10.2 Å². The maximum Gasteiger partial charge on any atom is 0.418 e. The van der Waals surface area contributed by atoms with Crippen LogP contribution in [0.25, 0.3) is 16.6 Å². The Morgan fingerprint density at radius 2 is 1.71 bits per heavy atom. The van der Waals surface area contributed by atoms with E-state index in [1.165, 1.54) is 27.7 Å². The minimum Gasteiger partial charge on any atom is -0.315 e. The number of halogens is 3. The van der Waals surface area contributed by atoms with Gasteiger partial charge in [0.1, 0.15) is 5.82 Å². The van der Waals surface area contributed by atoms with Crippen molar-refractivity contribution in [3.63, 3.8) is 0 Å². The first-order valence-electron chi connectivity index (χ1n) is 13.9. The molecule has 1 aromatic heterocycles. The number of para-hydroxylation sites is 2. The van der Waals surface area contributed by atoms with Gasteiger partial charge in [0.2, 0.25) is 0 Å². The fourth-order valence-corrected chi connectivity index (χ4v) is 5.06. The lowest BCUT2D eigenvalue weighted by atomic mass is 10.1. The van der Waals surface area contributed by atoms with Crippen LogP contribution in [-0.2, 0) is 6.18 Å². The summed E-state index contributed by atoms with van der Waals surface area (Å²) in [6.45, 7) is 7.97. The van der Waals surface area contributed by atoms with Gasteiger partial charge in [-0.3, -0.25) is 9.36 Å². The van der Waals surface area contributed by atoms with Crippen LogP contribution in [0.1, 0.15) is 68.1 Å². The van der Waals surface area contributed by atoms with Gasteiger partial charge in [-0.15, -0.1) is 0 Å². The number of fused-ring (bicyclic) bond motifs is 1. The van der Waals surface area contributed by atoms with E-state index in [9.17, 15) is 22.8 Å². The van der Waals surface area contributed by atoms with E-state index in [4.69, 9.17) is 4.98 Å². The molecule has 1 heterocycles. The van der Waals surface area contributed by atoms with E-state index in [0.29, 0.717) is 28.8 Å². The van der Waals surface area contributed by atoms with Gasteiger partial charge >= 0.3 is 12.2 Å². The standard InChI is InChI=1S/C32H35F3N4O2/c1-5-6-7-12-19-38(31(41)37-27-16-11-9-14-25(27)32(33,34)35)23(4)29-36-26-15-10-8-13-24(26)30(40)39(29)28-18-17-21(2)20-22(28)3/h8-11,13-18,20,23H,5-7,12,19H2,1-4H3,(H,37,41). The van der Waals surface area contributed by atoms with Crippen LogP contribution in [0.15, 0.2) is 71.5 Å². The normalized spacial score (nSPS) is 12.4. The second-order valence-electron chi connectivity index (χ2n) is 10.3. The number of hydrogen-bond acceptors (Lipinski definition) is 3. The lowest BCUT2D eigenvalue weighted by Crippen LogP contribution is -2.40. The molecule has 0 saturated heterocycles. The van der Waals surface area contributed by atoms with Crippen LogP contribution in [-0.4, -0.2) is 27.0 Å². The van der Waals surface area contributed by atoms with Crippen LogP contribution in [0.3, 0.4) is 0 Å². The zero-order valence-corrected chi connectivity index (χ0v) is 23.8. The van der Waals surface area contributed by atoms with Crippen LogP contribution < -0.4 is 10.9 Å². The van der Waals surface area contributed by atoms with E-state index < -0.39 is 23.8 Å². The molecular weight excluding hydrogens is 529 g/mol. The number of hydrogen-bond donors (Lipinski definition) is 1. The number of amides is 2. The first-order valence-corrected chi connectivity index (χ1v) is 13.9. The smallest absolute Gasteiger partial charge is 0.315 e. The number of unbranched alkanes of at least 4 members (excludes halogenated alkanes) is 3. The monoisotopic (exact) mass is 564 g/mol. The predicted molar refractivity (Wildman–Crippen MR) is 157 cm³/mol. The summed E-state index contributed by atoms with van der Waals surface area (Å²) in [4.78, 5) is 33.9. The summed E-state index contributed by atoms with van der Waals surface area (Å²) < 4.78 is 42.6. The zero-order chi connectivity index (χ0) is 29.7. The van der Waals surface area contributed by atoms with Gasteiger partial charge in [-0.2, -0.15) is 13.2 Å². The molecule has 0 radical (unpaired) electrons. The third-order valence-corrected chi connectivity index (χ3v) is 7.22. The minimum atomic E-state index is -4.63. The van der Waals surface area contributed by atoms with E-state index in [0.717, 1.165) is 36.5 Å². The van der Waals surface area contributed by atoms with Gasteiger partial charge in [0.15, 0.2) is 0 Å². The van der Waals surface area contributed by atoms with Gasteiger partial charge in [0, 0.05) is 6.54 Å². The first kappa shape index (κ1) is 29.8. The van der Waals surface area contributed by atoms with Crippen molar-refractivity contribution < 1.29 is 18.0 Å². The summed E-state index contributed by atoms with van der Waals surface area (Å²) in [6, 6.07) is 16.2. The molecule has 6 nitrogen and oxygen atoms in total. The second kappa shape index (κ2) is 12.6. The molecule has 1 N–H and O–H groups in total. The number of nitrogens with one attached hydrogen (secondary N) is 1. The maximum atomic E-state index is 13.9. The average molecular weight is 565 g/mol. The molecule has 0 aliphatic carbocycles. The maximum absolute atomic E-state index is 13.9. The third kappa shape index (κ3) is 6.61. The number of alkyl halides is 3. The number of benzene rings is 3. The summed E-state index contributed by atoms with van der Waals surface area (Å²) in [5, 5.41) is 2.92. The van der Waals surface area contributed by atoms with Crippen molar-refractivity contribution in [2.75, 3.05) is 11.9 Å². The summed E-state index contributed by atoms with van der Waals surface area (Å²) in [5.74, 6) is 0.329. The number of rotatable bonds is 9. The highest BCUT2D eigenvalue weighted by molar-refractivity contribution is 5.90. The van der Waals surface area contributed by atoms with Crippen LogP contribution >= 0.6 is 0 Å². The van der Waals surface area contributed by atoms with Crippen LogP contribution in [0, 0.1) is 13.8 Å². The van der Waals surface area contributed by atoms with Crippen molar-refractivity contribution in [3.05, 3.63) is 99.6 Å². The molecule has 1 atom stereocenters. The summed E-state index contributed by atoms with van der Waals surface area (Å²) in [5.41, 5.74) is 1.47. The molecule has 0 saturated carbocycles. The number of carbonyl (C=O) groups excluding carboxylic acids is 1. The topological polar surface area (TPSA) is 67.2 Å². The molecule has 41 heavy (non-hydrogen) atoms. The molecule has 3 aromatic carbocycles.